The van der Waals surface area contributed by atoms with E-state index < -0.39 is 58.9 Å². The number of fused-ring (bicyclic) bond motifs is 1. The molecule has 1 fully saturated rings. The highest BCUT2D eigenvalue weighted by atomic mass is 16.6. The number of benzene rings is 4. The van der Waals surface area contributed by atoms with Gasteiger partial charge in [-0.25, -0.2) is 4.79 Å². The maximum Gasteiger partial charge on any atom is 0.332 e. The van der Waals surface area contributed by atoms with Crippen molar-refractivity contribution < 1.29 is 33.9 Å². The molecule has 4 aromatic carbocycles. The van der Waals surface area contributed by atoms with Crippen molar-refractivity contribution in [2.24, 2.45) is 0 Å². The van der Waals surface area contributed by atoms with Crippen LogP contribution >= 0.6 is 0 Å². The molecule has 0 radical (unpaired) electrons. The summed E-state index contributed by atoms with van der Waals surface area (Å²) in [4.78, 5) is 67.5. The molecule has 4 atom stereocenters. The van der Waals surface area contributed by atoms with Crippen molar-refractivity contribution in [3.8, 4) is 0 Å². The molecule has 11 heteroatoms. The van der Waals surface area contributed by atoms with Crippen molar-refractivity contribution in [2.45, 2.75) is 37.3 Å². The number of aliphatic hydroxyl groups is 1. The molecular weight excluding hydrogens is 602 g/mol. The summed E-state index contributed by atoms with van der Waals surface area (Å²) in [6.45, 7) is 1.35. The normalized spacial score (nSPS) is 18.7. The molecule has 0 spiro atoms. The molecule has 0 aliphatic carbocycles. The first-order chi connectivity index (χ1) is 22.7. The number of rotatable bonds is 10. The fourth-order valence-electron chi connectivity index (χ4n) is 6.00. The first kappa shape index (κ1) is 31.1. The van der Waals surface area contributed by atoms with Crippen molar-refractivity contribution in [3.05, 3.63) is 153 Å². The van der Waals surface area contributed by atoms with Crippen LogP contribution in [-0.4, -0.2) is 67.7 Å². The number of nitro groups is 1. The van der Waals surface area contributed by atoms with E-state index in [1.165, 1.54) is 13.0 Å². The van der Waals surface area contributed by atoms with Gasteiger partial charge in [-0.3, -0.25) is 29.4 Å². The topological polar surface area (TPSA) is 147 Å². The molecule has 0 bridgehead atoms. The smallest absolute Gasteiger partial charge is 0.332 e. The van der Waals surface area contributed by atoms with E-state index >= 15 is 0 Å². The Hall–Kier alpha value is -5.94. The van der Waals surface area contributed by atoms with Gasteiger partial charge >= 0.3 is 5.97 Å². The van der Waals surface area contributed by atoms with Crippen molar-refractivity contribution in [1.82, 2.24) is 9.80 Å². The van der Waals surface area contributed by atoms with Crippen LogP contribution in [0.3, 0.4) is 0 Å². The number of imide groups is 1. The Morgan fingerprint density at radius 1 is 0.851 bits per heavy atom. The van der Waals surface area contributed by atoms with E-state index in [2.05, 4.69) is 0 Å². The number of ether oxygens (including phenoxy) is 1. The maximum atomic E-state index is 14.0. The van der Waals surface area contributed by atoms with Crippen LogP contribution in [0.25, 0.3) is 6.08 Å². The average molecular weight is 632 g/mol. The predicted molar refractivity (Wildman–Crippen MR) is 170 cm³/mol. The van der Waals surface area contributed by atoms with Gasteiger partial charge in [-0.2, -0.15) is 0 Å². The minimum absolute atomic E-state index is 0.0716. The number of nitro benzene ring substituents is 1. The van der Waals surface area contributed by atoms with Gasteiger partial charge in [-0.1, -0.05) is 103 Å². The Balaban J connectivity index is 1.35. The van der Waals surface area contributed by atoms with Crippen LogP contribution in [0.15, 0.2) is 115 Å². The fraction of sp³-hybridized carbons (Fsp3) is 0.167. The number of esters is 1. The van der Waals surface area contributed by atoms with Gasteiger partial charge in [0.2, 0.25) is 5.91 Å². The predicted octanol–water partition coefficient (Wildman–Crippen LogP) is 4.57. The number of carbonyl (C=O) groups is 4. The van der Waals surface area contributed by atoms with Crippen LogP contribution in [-0.2, 0) is 14.3 Å². The van der Waals surface area contributed by atoms with Crippen LogP contribution in [0, 0.1) is 10.1 Å². The van der Waals surface area contributed by atoms with Gasteiger partial charge in [-0.15, -0.1) is 0 Å². The van der Waals surface area contributed by atoms with E-state index in [1.54, 1.807) is 72.8 Å². The Labute approximate surface area is 269 Å². The van der Waals surface area contributed by atoms with Crippen molar-refractivity contribution >= 4 is 35.5 Å². The van der Waals surface area contributed by atoms with Crippen molar-refractivity contribution in [2.75, 3.05) is 0 Å². The molecule has 2 aliphatic heterocycles. The maximum absolute atomic E-state index is 14.0. The number of β-lactam (4-membered cyclic amide) rings is 1. The number of nitrogens with zero attached hydrogens (tertiary/aromatic N) is 3. The van der Waals surface area contributed by atoms with Gasteiger partial charge in [0.1, 0.15) is 6.04 Å². The summed E-state index contributed by atoms with van der Waals surface area (Å²) in [7, 11) is 0. The monoisotopic (exact) mass is 631 g/mol. The molecule has 2 aliphatic rings. The van der Waals surface area contributed by atoms with Crippen molar-refractivity contribution in [1.29, 1.82) is 0 Å². The fourth-order valence-corrected chi connectivity index (χ4v) is 6.00. The molecule has 0 aromatic heterocycles. The second-order valence-electron chi connectivity index (χ2n) is 11.2. The van der Waals surface area contributed by atoms with Crippen LogP contribution in [0.4, 0.5) is 5.69 Å². The van der Waals surface area contributed by atoms with Crippen molar-refractivity contribution in [3.63, 3.8) is 0 Å². The van der Waals surface area contributed by atoms with Gasteiger partial charge in [0, 0.05) is 12.1 Å². The summed E-state index contributed by atoms with van der Waals surface area (Å²) < 4.78 is 6.02. The highest BCUT2D eigenvalue weighted by Crippen LogP contribution is 2.38. The second kappa shape index (κ2) is 12.8. The number of non-ortho nitro benzene ring substituents is 1. The highest BCUT2D eigenvalue weighted by Gasteiger charge is 2.59. The van der Waals surface area contributed by atoms with Gasteiger partial charge in [0.15, 0.2) is 12.1 Å². The lowest BCUT2D eigenvalue weighted by atomic mass is 9.88. The number of carbonyl (C=O) groups excluding carboxylic acids is 4. The number of hydrogen-bond donors (Lipinski definition) is 1. The second-order valence-corrected chi connectivity index (χ2v) is 11.2. The molecular formula is C36H29N3O8. The Morgan fingerprint density at radius 2 is 1.40 bits per heavy atom. The summed E-state index contributed by atoms with van der Waals surface area (Å²) in [5.74, 6) is -3.31. The van der Waals surface area contributed by atoms with E-state index in [0.717, 1.165) is 27.5 Å². The number of amides is 3. The molecule has 1 N–H and O–H groups in total. The summed E-state index contributed by atoms with van der Waals surface area (Å²) in [5.41, 5.74) is 1.44. The quantitative estimate of drug-likeness (QED) is 0.0881. The first-order valence-corrected chi connectivity index (χ1v) is 14.9. The van der Waals surface area contributed by atoms with Crippen LogP contribution in [0.5, 0.6) is 0 Å². The standard InChI is InChI=1S/C36H29N3O8/c1-22(40)30(36(44)47-32(24-13-7-3-8-14-24)25-15-9-4-10-16-25)37-29(20-17-23-11-5-2-6-12-23)31(35(37)43)38-33(41)27-19-18-26(39(45)46)21-28(27)34(38)42/h2-22,29-32,40H,1H3/t22-,29?,30?,31?/m1/s1. The lowest BCUT2D eigenvalue weighted by Crippen LogP contribution is -2.75. The van der Waals surface area contributed by atoms with Gasteiger partial charge < -0.3 is 14.7 Å². The zero-order chi connectivity index (χ0) is 33.2. The van der Waals surface area contributed by atoms with E-state index in [9.17, 15) is 34.4 Å². The molecule has 4 aromatic rings. The largest absolute Gasteiger partial charge is 0.451 e. The number of aliphatic hydroxyl groups excluding tert-OH is 1. The average Bonchev–Trinajstić information content (AvgIpc) is 3.33. The number of hydrogen-bond acceptors (Lipinski definition) is 8. The molecule has 236 valence electrons. The SMILES string of the molecule is C[C@@H](O)C(C(=O)OC(c1ccccc1)c1ccccc1)N1C(=O)C(N2C(=O)c3ccc([N+](=O)[O-])cc3C2=O)C1C=Cc1ccccc1. The third-order valence-electron chi connectivity index (χ3n) is 8.26. The summed E-state index contributed by atoms with van der Waals surface area (Å²) >= 11 is 0. The van der Waals surface area contributed by atoms with Gasteiger partial charge in [0.25, 0.3) is 17.5 Å². The van der Waals surface area contributed by atoms with Crippen LogP contribution in [0.1, 0.15) is 50.4 Å². The molecule has 3 unspecified atom stereocenters. The molecule has 47 heavy (non-hydrogen) atoms. The Morgan fingerprint density at radius 3 is 1.96 bits per heavy atom. The Kier molecular flexibility index (Phi) is 8.47. The van der Waals surface area contributed by atoms with Crippen LogP contribution in [0.2, 0.25) is 0 Å². The highest BCUT2D eigenvalue weighted by molar-refractivity contribution is 6.24. The molecule has 0 saturated carbocycles. The first-order valence-electron chi connectivity index (χ1n) is 14.9. The molecule has 3 amide bonds. The van der Waals surface area contributed by atoms with Gasteiger partial charge in [-0.05, 0) is 29.7 Å². The lowest BCUT2D eigenvalue weighted by Gasteiger charge is -2.51. The van der Waals surface area contributed by atoms with Crippen LogP contribution < -0.4 is 0 Å². The molecule has 6 rings (SSSR count). The zero-order valence-corrected chi connectivity index (χ0v) is 25.1. The summed E-state index contributed by atoms with van der Waals surface area (Å²) in [5, 5.41) is 22.3. The Bertz CT molecular complexity index is 1840. The van der Waals surface area contributed by atoms with Gasteiger partial charge in [0.05, 0.1) is 28.2 Å². The van der Waals surface area contributed by atoms with E-state index in [0.29, 0.717) is 11.1 Å². The molecule has 1 saturated heterocycles. The van der Waals surface area contributed by atoms with E-state index in [4.69, 9.17) is 4.74 Å². The minimum atomic E-state index is -1.50. The van der Waals surface area contributed by atoms with E-state index in [1.807, 2.05) is 30.3 Å². The third kappa shape index (κ3) is 5.80. The van der Waals surface area contributed by atoms with E-state index in [-0.39, 0.29) is 16.8 Å². The summed E-state index contributed by atoms with van der Waals surface area (Å²) in [6.07, 6.45) is 1.00. The molecule has 11 nitrogen and oxygen atoms in total. The minimum Gasteiger partial charge on any atom is -0.451 e. The number of likely N-dealkylation sites (tertiary alicyclic amines) is 1. The lowest BCUT2D eigenvalue weighted by molar-refractivity contribution is -0.384. The molecule has 2 heterocycles. The zero-order valence-electron chi connectivity index (χ0n) is 25.1. The summed E-state index contributed by atoms with van der Waals surface area (Å²) in [6, 6.07) is 26.5. The third-order valence-corrected chi connectivity index (χ3v) is 8.26.